The highest BCUT2D eigenvalue weighted by molar-refractivity contribution is 8.03. The van der Waals surface area contributed by atoms with E-state index in [1.54, 1.807) is 0 Å². The second kappa shape index (κ2) is 8.45. The smallest absolute Gasteiger partial charge is 0.399 e. The van der Waals surface area contributed by atoms with Gasteiger partial charge in [-0.25, -0.2) is 0 Å². The van der Waals surface area contributed by atoms with Crippen molar-refractivity contribution in [2.75, 3.05) is 31.1 Å². The Hall–Kier alpha value is -1.36. The SMILES string of the molecule is CC1(C)OB(c2ccc(N3CCN(C4=CCC(C(O)C(F)(F)F)S4)CC3)cc2)OC1(C)C. The molecule has 3 heterocycles. The number of alkyl halides is 3. The van der Waals surface area contributed by atoms with E-state index in [1.807, 2.05) is 45.9 Å². The largest absolute Gasteiger partial charge is 0.494 e. The molecule has 0 aliphatic carbocycles. The van der Waals surface area contributed by atoms with Gasteiger partial charge in [-0.1, -0.05) is 18.2 Å². The molecule has 32 heavy (non-hydrogen) atoms. The van der Waals surface area contributed by atoms with Crippen LogP contribution in [-0.2, 0) is 9.31 Å². The van der Waals surface area contributed by atoms with Gasteiger partial charge in [-0.15, -0.1) is 11.8 Å². The van der Waals surface area contributed by atoms with Gasteiger partial charge in [-0.05, 0) is 51.7 Å². The normalized spacial score (nSPS) is 26.4. The van der Waals surface area contributed by atoms with Crippen molar-refractivity contribution in [3.8, 4) is 0 Å². The molecule has 0 saturated carbocycles. The van der Waals surface area contributed by atoms with Gasteiger partial charge in [0.2, 0.25) is 0 Å². The number of hydrogen-bond donors (Lipinski definition) is 1. The first-order valence-corrected chi connectivity index (χ1v) is 11.8. The van der Waals surface area contributed by atoms with Crippen molar-refractivity contribution in [1.82, 2.24) is 4.90 Å². The van der Waals surface area contributed by atoms with Crippen LogP contribution >= 0.6 is 11.8 Å². The van der Waals surface area contributed by atoms with Crippen LogP contribution in [0.25, 0.3) is 0 Å². The summed E-state index contributed by atoms with van der Waals surface area (Å²) in [6.07, 6.45) is -4.81. The molecule has 2 saturated heterocycles. The lowest BCUT2D eigenvalue weighted by atomic mass is 9.79. The van der Waals surface area contributed by atoms with Crippen LogP contribution in [0.5, 0.6) is 0 Å². The summed E-state index contributed by atoms with van der Waals surface area (Å²) < 4.78 is 50.6. The average Bonchev–Trinajstić information content (AvgIpc) is 3.29. The van der Waals surface area contributed by atoms with E-state index in [1.165, 1.54) is 0 Å². The summed E-state index contributed by atoms with van der Waals surface area (Å²) >= 11 is 1.14. The van der Waals surface area contributed by atoms with E-state index < -0.39 is 24.6 Å². The first-order chi connectivity index (χ1) is 14.9. The zero-order valence-electron chi connectivity index (χ0n) is 18.9. The minimum atomic E-state index is -4.58. The molecule has 2 unspecified atom stereocenters. The highest BCUT2D eigenvalue weighted by atomic mass is 32.2. The maximum Gasteiger partial charge on any atom is 0.494 e. The lowest BCUT2D eigenvalue weighted by molar-refractivity contribution is -0.202. The van der Waals surface area contributed by atoms with Crippen LogP contribution in [0.4, 0.5) is 18.9 Å². The first-order valence-electron chi connectivity index (χ1n) is 10.9. The Bertz CT molecular complexity index is 839. The number of allylic oxidation sites excluding steroid dienone is 1. The predicted octanol–water partition coefficient (Wildman–Crippen LogP) is 3.38. The van der Waals surface area contributed by atoms with Crippen molar-refractivity contribution in [1.29, 1.82) is 0 Å². The molecule has 0 aromatic heterocycles. The highest BCUT2D eigenvalue weighted by Crippen LogP contribution is 2.41. The third-order valence-electron chi connectivity index (χ3n) is 6.86. The quantitative estimate of drug-likeness (QED) is 0.682. The lowest BCUT2D eigenvalue weighted by Gasteiger charge is -2.38. The van der Waals surface area contributed by atoms with Crippen molar-refractivity contribution in [2.45, 2.75) is 62.8 Å². The average molecular weight is 470 g/mol. The molecular formula is C22H30BF3N2O3S. The topological polar surface area (TPSA) is 45.2 Å². The Morgan fingerprint density at radius 1 is 1.00 bits per heavy atom. The summed E-state index contributed by atoms with van der Waals surface area (Å²) in [4.78, 5) is 4.38. The molecule has 176 valence electrons. The number of piperazine rings is 1. The maximum absolute atomic E-state index is 12.8. The van der Waals surface area contributed by atoms with Gasteiger partial charge in [0.1, 0.15) is 0 Å². The molecular weight excluding hydrogens is 440 g/mol. The zero-order chi connectivity index (χ0) is 23.3. The summed E-state index contributed by atoms with van der Waals surface area (Å²) in [7, 11) is -0.391. The Kier molecular flexibility index (Phi) is 6.28. The van der Waals surface area contributed by atoms with Crippen molar-refractivity contribution in [2.24, 2.45) is 0 Å². The fourth-order valence-corrected chi connectivity index (χ4v) is 5.39. The third-order valence-corrected chi connectivity index (χ3v) is 8.28. The van der Waals surface area contributed by atoms with Gasteiger partial charge in [0.15, 0.2) is 6.10 Å². The maximum atomic E-state index is 12.8. The van der Waals surface area contributed by atoms with Gasteiger partial charge in [-0.3, -0.25) is 0 Å². The first kappa shape index (κ1) is 23.8. The van der Waals surface area contributed by atoms with Gasteiger partial charge in [0.05, 0.1) is 16.2 Å². The molecule has 4 rings (SSSR count). The number of anilines is 1. The Morgan fingerprint density at radius 2 is 1.53 bits per heavy atom. The van der Waals surface area contributed by atoms with Crippen molar-refractivity contribution >= 4 is 30.0 Å². The van der Waals surface area contributed by atoms with Gasteiger partial charge in [-0.2, -0.15) is 13.2 Å². The molecule has 3 aliphatic rings. The number of rotatable bonds is 4. The summed E-state index contributed by atoms with van der Waals surface area (Å²) in [6.45, 7) is 11.1. The van der Waals surface area contributed by atoms with Crippen molar-refractivity contribution in [3.05, 3.63) is 35.4 Å². The number of benzene rings is 1. The monoisotopic (exact) mass is 470 g/mol. The summed E-state index contributed by atoms with van der Waals surface area (Å²) in [5.41, 5.74) is 1.32. The fraction of sp³-hybridized carbons (Fsp3) is 0.636. The van der Waals surface area contributed by atoms with Crippen molar-refractivity contribution in [3.63, 3.8) is 0 Å². The Labute approximate surface area is 192 Å². The summed E-state index contributed by atoms with van der Waals surface area (Å²) in [5, 5.41) is 9.51. The van der Waals surface area contributed by atoms with Crippen LogP contribution in [0.1, 0.15) is 34.1 Å². The van der Waals surface area contributed by atoms with E-state index in [0.717, 1.165) is 54.1 Å². The van der Waals surface area contributed by atoms with Crippen LogP contribution in [0, 0.1) is 0 Å². The van der Waals surface area contributed by atoms with Crippen LogP contribution in [-0.4, -0.2) is 72.0 Å². The summed E-state index contributed by atoms with van der Waals surface area (Å²) in [6, 6.07) is 8.19. The standard InChI is InChI=1S/C22H30BF3N2O3S/c1-20(2)21(3,4)31-23(30-20)15-5-7-16(8-6-15)27-11-13-28(14-12-27)18-10-9-17(32-18)19(29)22(24,25)26/h5-8,10,17,19,29H,9,11-14H2,1-4H3. The number of thioether (sulfide) groups is 1. The number of halogens is 3. The van der Waals surface area contributed by atoms with Crippen molar-refractivity contribution < 1.29 is 27.6 Å². The molecule has 10 heteroatoms. The second-order valence-electron chi connectivity index (χ2n) is 9.57. The Morgan fingerprint density at radius 3 is 2.06 bits per heavy atom. The molecule has 0 amide bonds. The van der Waals surface area contributed by atoms with Gasteiger partial charge in [0, 0.05) is 37.1 Å². The Balaban J connectivity index is 1.31. The molecule has 2 atom stereocenters. The molecule has 0 radical (unpaired) electrons. The number of aliphatic hydroxyl groups is 1. The van der Waals surface area contributed by atoms with Gasteiger partial charge < -0.3 is 24.2 Å². The van der Waals surface area contributed by atoms with E-state index in [2.05, 4.69) is 21.9 Å². The molecule has 1 aromatic carbocycles. The fourth-order valence-electron chi connectivity index (χ4n) is 4.08. The zero-order valence-corrected chi connectivity index (χ0v) is 19.7. The van der Waals surface area contributed by atoms with E-state index in [9.17, 15) is 18.3 Å². The van der Waals surface area contributed by atoms with Gasteiger partial charge >= 0.3 is 13.3 Å². The van der Waals surface area contributed by atoms with E-state index in [-0.39, 0.29) is 17.6 Å². The summed E-state index contributed by atoms with van der Waals surface area (Å²) in [5.74, 6) is 0. The number of hydrogen-bond acceptors (Lipinski definition) is 6. The van der Waals surface area contributed by atoms with Crippen LogP contribution < -0.4 is 10.4 Å². The second-order valence-corrected chi connectivity index (χ2v) is 10.8. The van der Waals surface area contributed by atoms with Crippen LogP contribution in [0.15, 0.2) is 35.4 Å². The minimum Gasteiger partial charge on any atom is -0.399 e. The molecule has 0 bridgehead atoms. The molecule has 5 nitrogen and oxygen atoms in total. The minimum absolute atomic E-state index is 0.237. The molecule has 1 aromatic rings. The molecule has 1 N–H and O–H groups in total. The van der Waals surface area contributed by atoms with E-state index in [0.29, 0.717) is 0 Å². The highest BCUT2D eigenvalue weighted by Gasteiger charge is 2.51. The number of nitrogens with zero attached hydrogens (tertiary/aromatic N) is 2. The number of aliphatic hydroxyl groups excluding tert-OH is 1. The molecule has 0 spiro atoms. The lowest BCUT2D eigenvalue weighted by Crippen LogP contribution is -2.45. The third kappa shape index (κ3) is 4.65. The van der Waals surface area contributed by atoms with Crippen LogP contribution in [0.3, 0.4) is 0 Å². The van der Waals surface area contributed by atoms with Crippen LogP contribution in [0.2, 0.25) is 0 Å². The molecule has 3 aliphatic heterocycles. The van der Waals surface area contributed by atoms with E-state index >= 15 is 0 Å². The predicted molar refractivity (Wildman–Crippen MR) is 122 cm³/mol. The van der Waals surface area contributed by atoms with Gasteiger partial charge in [0.25, 0.3) is 0 Å². The van der Waals surface area contributed by atoms with E-state index in [4.69, 9.17) is 9.31 Å². The molecule has 2 fully saturated rings.